The normalized spacial score (nSPS) is 28.6. The Bertz CT molecular complexity index is 646. The van der Waals surface area contributed by atoms with Crippen molar-refractivity contribution in [1.29, 1.82) is 0 Å². The Morgan fingerprint density at radius 3 is 2.64 bits per heavy atom. The highest BCUT2D eigenvalue weighted by Crippen LogP contribution is 2.23. The molecule has 22 heavy (non-hydrogen) atoms. The van der Waals surface area contributed by atoms with E-state index >= 15 is 0 Å². The fourth-order valence-electron chi connectivity index (χ4n) is 3.42. The molecule has 2 atom stereocenters. The first-order valence-corrected chi connectivity index (χ1v) is 9.58. The predicted molar refractivity (Wildman–Crippen MR) is 82.6 cm³/mol. The van der Waals surface area contributed by atoms with Crippen molar-refractivity contribution in [3.8, 4) is 0 Å². The fourth-order valence-corrected chi connectivity index (χ4v) is 5.37. The van der Waals surface area contributed by atoms with E-state index in [0.29, 0.717) is 0 Å². The average Bonchev–Trinajstić information content (AvgIpc) is 3.03. The number of sulfone groups is 1. The van der Waals surface area contributed by atoms with Gasteiger partial charge in [0, 0.05) is 11.6 Å². The van der Waals surface area contributed by atoms with Gasteiger partial charge in [0.05, 0.1) is 23.8 Å². The second-order valence-corrected chi connectivity index (χ2v) is 8.41. The maximum Gasteiger partial charge on any atom is 0.287 e. The van der Waals surface area contributed by atoms with E-state index < -0.39 is 9.84 Å². The van der Waals surface area contributed by atoms with Crippen LogP contribution in [0.15, 0.2) is 16.7 Å². The largest absolute Gasteiger partial charge is 0.459 e. The van der Waals surface area contributed by atoms with Crippen molar-refractivity contribution in [2.75, 3.05) is 24.6 Å². The predicted octanol–water partition coefficient (Wildman–Crippen LogP) is 0.969. The van der Waals surface area contributed by atoms with Crippen LogP contribution in [-0.2, 0) is 9.84 Å². The first-order chi connectivity index (χ1) is 10.5. The van der Waals surface area contributed by atoms with Gasteiger partial charge in [-0.2, -0.15) is 0 Å². The molecule has 2 fully saturated rings. The maximum absolute atomic E-state index is 12.3. The third-order valence-corrected chi connectivity index (χ3v) is 6.28. The molecule has 1 amide bonds. The zero-order valence-corrected chi connectivity index (χ0v) is 13.6. The molecule has 3 rings (SSSR count). The number of carbonyl (C=O) groups is 1. The van der Waals surface area contributed by atoms with Crippen LogP contribution in [0.3, 0.4) is 0 Å². The molecule has 3 heterocycles. The van der Waals surface area contributed by atoms with Gasteiger partial charge in [-0.3, -0.25) is 9.69 Å². The maximum atomic E-state index is 12.3. The summed E-state index contributed by atoms with van der Waals surface area (Å²) in [7, 11) is -3.11. The van der Waals surface area contributed by atoms with E-state index in [0.717, 1.165) is 31.5 Å². The number of nitrogens with zero attached hydrogens (tertiary/aromatic N) is 1. The minimum Gasteiger partial charge on any atom is -0.459 e. The van der Waals surface area contributed by atoms with Crippen LogP contribution in [0.1, 0.15) is 35.4 Å². The summed E-state index contributed by atoms with van der Waals surface area (Å²) in [5, 5.41) is 2.87. The Kier molecular flexibility index (Phi) is 4.27. The second kappa shape index (κ2) is 6.04. The molecular weight excluding hydrogens is 304 g/mol. The Morgan fingerprint density at radius 1 is 1.27 bits per heavy atom. The van der Waals surface area contributed by atoms with Gasteiger partial charge in [0.1, 0.15) is 0 Å². The molecular formula is C15H22N2O4S. The number of likely N-dealkylation sites (tertiary alicyclic amines) is 1. The number of hydrogen-bond acceptors (Lipinski definition) is 5. The van der Waals surface area contributed by atoms with E-state index in [2.05, 4.69) is 10.2 Å². The van der Waals surface area contributed by atoms with Crippen LogP contribution in [0.4, 0.5) is 0 Å². The Morgan fingerprint density at radius 2 is 2.00 bits per heavy atom. The van der Waals surface area contributed by atoms with Crippen LogP contribution in [0.25, 0.3) is 0 Å². The SMILES string of the molecule is Cc1ccoc1C(=O)N[C@H]1CS(=O)(=O)C[C@@H]1N1CCCCC1. The van der Waals surface area contributed by atoms with E-state index in [1.807, 2.05) is 0 Å². The number of aryl methyl sites for hydroxylation is 1. The highest BCUT2D eigenvalue weighted by molar-refractivity contribution is 7.91. The monoisotopic (exact) mass is 326 g/mol. The van der Waals surface area contributed by atoms with E-state index in [-0.39, 0.29) is 35.3 Å². The quantitative estimate of drug-likeness (QED) is 0.895. The first-order valence-electron chi connectivity index (χ1n) is 7.76. The van der Waals surface area contributed by atoms with E-state index in [1.165, 1.54) is 12.7 Å². The van der Waals surface area contributed by atoms with Crippen molar-refractivity contribution >= 4 is 15.7 Å². The minimum absolute atomic E-state index is 0.0136. The van der Waals surface area contributed by atoms with Crippen molar-refractivity contribution in [2.24, 2.45) is 0 Å². The summed E-state index contributed by atoms with van der Waals surface area (Å²) in [6.07, 6.45) is 4.85. The highest BCUT2D eigenvalue weighted by Gasteiger charge is 2.42. The number of hydrogen-bond donors (Lipinski definition) is 1. The van der Waals surface area contributed by atoms with E-state index in [9.17, 15) is 13.2 Å². The van der Waals surface area contributed by atoms with Gasteiger partial charge in [-0.25, -0.2) is 8.42 Å². The van der Waals surface area contributed by atoms with Gasteiger partial charge in [0.2, 0.25) is 0 Å². The lowest BCUT2D eigenvalue weighted by Crippen LogP contribution is -2.52. The van der Waals surface area contributed by atoms with Crippen LogP contribution >= 0.6 is 0 Å². The molecule has 1 aromatic rings. The fraction of sp³-hybridized carbons (Fsp3) is 0.667. The third kappa shape index (κ3) is 3.20. The molecule has 2 aliphatic rings. The van der Waals surface area contributed by atoms with Gasteiger partial charge in [-0.15, -0.1) is 0 Å². The van der Waals surface area contributed by atoms with Crippen molar-refractivity contribution in [1.82, 2.24) is 10.2 Å². The Balaban J connectivity index is 1.75. The topological polar surface area (TPSA) is 79.6 Å². The summed E-state index contributed by atoms with van der Waals surface area (Å²) in [5.41, 5.74) is 0.757. The molecule has 2 aliphatic heterocycles. The van der Waals surface area contributed by atoms with Crippen molar-refractivity contribution in [3.05, 3.63) is 23.7 Å². The van der Waals surface area contributed by atoms with Gasteiger partial charge in [0.15, 0.2) is 15.6 Å². The standard InChI is InChI=1S/C15H22N2O4S/c1-11-5-8-21-14(11)15(18)16-12-9-22(19,20)10-13(12)17-6-3-2-4-7-17/h5,8,12-13H,2-4,6-7,9-10H2,1H3,(H,16,18)/t12-,13-/m0/s1. The Hall–Kier alpha value is -1.34. The molecule has 1 N–H and O–H groups in total. The van der Waals surface area contributed by atoms with Crippen molar-refractivity contribution in [2.45, 2.75) is 38.3 Å². The molecule has 0 radical (unpaired) electrons. The molecule has 0 bridgehead atoms. The smallest absolute Gasteiger partial charge is 0.287 e. The number of furan rings is 1. The highest BCUT2D eigenvalue weighted by atomic mass is 32.2. The lowest BCUT2D eigenvalue weighted by molar-refractivity contribution is 0.0872. The number of piperidine rings is 1. The lowest BCUT2D eigenvalue weighted by Gasteiger charge is -2.34. The van der Waals surface area contributed by atoms with E-state index in [4.69, 9.17) is 4.42 Å². The van der Waals surface area contributed by atoms with Crippen LogP contribution in [0.5, 0.6) is 0 Å². The molecule has 0 unspecified atom stereocenters. The van der Waals surface area contributed by atoms with Gasteiger partial charge in [0.25, 0.3) is 5.91 Å². The number of amides is 1. The summed E-state index contributed by atoms with van der Waals surface area (Å²) in [5.74, 6) is 0.0858. The van der Waals surface area contributed by atoms with E-state index in [1.54, 1.807) is 13.0 Å². The zero-order valence-electron chi connectivity index (χ0n) is 12.7. The van der Waals surface area contributed by atoms with Crippen LogP contribution in [-0.4, -0.2) is 55.9 Å². The molecule has 0 saturated carbocycles. The molecule has 2 saturated heterocycles. The molecule has 122 valence electrons. The van der Waals surface area contributed by atoms with Gasteiger partial charge < -0.3 is 9.73 Å². The van der Waals surface area contributed by atoms with Crippen molar-refractivity contribution in [3.63, 3.8) is 0 Å². The first kappa shape index (κ1) is 15.6. The molecule has 0 aliphatic carbocycles. The summed E-state index contributed by atoms with van der Waals surface area (Å²) in [6, 6.07) is 1.24. The number of nitrogens with one attached hydrogen (secondary N) is 1. The van der Waals surface area contributed by atoms with Crippen LogP contribution in [0.2, 0.25) is 0 Å². The summed E-state index contributed by atoms with van der Waals surface area (Å²) in [6.45, 7) is 3.62. The average molecular weight is 326 g/mol. The van der Waals surface area contributed by atoms with Gasteiger partial charge in [-0.05, 0) is 38.9 Å². The third-order valence-electron chi connectivity index (χ3n) is 4.57. The molecule has 0 aromatic carbocycles. The number of rotatable bonds is 3. The van der Waals surface area contributed by atoms with Gasteiger partial charge >= 0.3 is 0 Å². The molecule has 6 nitrogen and oxygen atoms in total. The Labute approximate surface area is 130 Å². The van der Waals surface area contributed by atoms with Crippen LogP contribution in [0, 0.1) is 6.92 Å². The summed E-state index contributed by atoms with van der Waals surface area (Å²) in [4.78, 5) is 14.5. The zero-order chi connectivity index (χ0) is 15.7. The number of carbonyl (C=O) groups excluding carboxylic acids is 1. The summed E-state index contributed by atoms with van der Waals surface area (Å²) >= 11 is 0. The molecule has 7 heteroatoms. The van der Waals surface area contributed by atoms with Crippen LogP contribution < -0.4 is 5.32 Å². The summed E-state index contributed by atoms with van der Waals surface area (Å²) < 4.78 is 29.2. The minimum atomic E-state index is -3.11. The molecule has 0 spiro atoms. The van der Waals surface area contributed by atoms with Gasteiger partial charge in [-0.1, -0.05) is 6.42 Å². The lowest BCUT2D eigenvalue weighted by atomic mass is 10.0. The van der Waals surface area contributed by atoms with Crippen molar-refractivity contribution < 1.29 is 17.6 Å². The second-order valence-electron chi connectivity index (χ2n) is 6.25. The molecule has 1 aromatic heterocycles.